The van der Waals surface area contributed by atoms with Gasteiger partial charge < -0.3 is 15.0 Å². The van der Waals surface area contributed by atoms with Gasteiger partial charge in [0.1, 0.15) is 5.82 Å². The average Bonchev–Trinajstić information content (AvgIpc) is 2.71. The summed E-state index contributed by atoms with van der Waals surface area (Å²) in [5.41, 5.74) is 7.69. The first-order valence-corrected chi connectivity index (χ1v) is 6.22. The molecule has 0 aliphatic rings. The minimum atomic E-state index is -0.569. The van der Waals surface area contributed by atoms with Gasteiger partial charge in [-0.3, -0.25) is 0 Å². The SMILES string of the molecule is CCOC(=O)c1cc(-n2cnc(C)c2C)c(F)cc1N. The van der Waals surface area contributed by atoms with Crippen LogP contribution in [0.4, 0.5) is 10.1 Å². The van der Waals surface area contributed by atoms with Gasteiger partial charge in [0.15, 0.2) is 0 Å². The molecule has 0 unspecified atom stereocenters. The van der Waals surface area contributed by atoms with E-state index >= 15 is 0 Å². The minimum absolute atomic E-state index is 0.0548. The van der Waals surface area contributed by atoms with E-state index in [0.29, 0.717) is 0 Å². The Bertz CT molecular complexity index is 665. The number of aryl methyl sites for hydroxylation is 1. The van der Waals surface area contributed by atoms with Crippen molar-refractivity contribution in [3.63, 3.8) is 0 Å². The molecule has 5 nitrogen and oxygen atoms in total. The van der Waals surface area contributed by atoms with Crippen LogP contribution in [-0.4, -0.2) is 22.1 Å². The Labute approximate surface area is 116 Å². The number of aromatic nitrogens is 2. The summed E-state index contributed by atoms with van der Waals surface area (Å²) < 4.78 is 20.6. The third-order valence-corrected chi connectivity index (χ3v) is 3.13. The second kappa shape index (κ2) is 5.32. The maximum atomic E-state index is 14.1. The second-order valence-electron chi connectivity index (χ2n) is 4.40. The van der Waals surface area contributed by atoms with Gasteiger partial charge in [-0.15, -0.1) is 0 Å². The van der Waals surface area contributed by atoms with Crippen LogP contribution >= 0.6 is 0 Å². The molecule has 0 aliphatic carbocycles. The van der Waals surface area contributed by atoms with Crippen LogP contribution in [0.1, 0.15) is 28.7 Å². The molecule has 0 spiro atoms. The van der Waals surface area contributed by atoms with Gasteiger partial charge in [0, 0.05) is 11.4 Å². The van der Waals surface area contributed by atoms with Crippen molar-refractivity contribution in [2.75, 3.05) is 12.3 Å². The van der Waals surface area contributed by atoms with Gasteiger partial charge in [-0.2, -0.15) is 0 Å². The molecule has 0 saturated heterocycles. The Hall–Kier alpha value is -2.37. The number of benzene rings is 1. The number of nitrogen functional groups attached to an aromatic ring is 1. The molecule has 0 aliphatic heterocycles. The van der Waals surface area contributed by atoms with Gasteiger partial charge in [0.25, 0.3) is 0 Å². The summed E-state index contributed by atoms with van der Waals surface area (Å²) in [5, 5.41) is 0. The number of anilines is 1. The lowest BCUT2D eigenvalue weighted by Crippen LogP contribution is -2.10. The molecule has 0 radical (unpaired) electrons. The van der Waals surface area contributed by atoms with Crippen molar-refractivity contribution in [3.05, 3.63) is 41.2 Å². The number of halogens is 1. The number of nitrogens with zero attached hydrogens (tertiary/aromatic N) is 2. The smallest absolute Gasteiger partial charge is 0.340 e. The number of imidazole rings is 1. The zero-order valence-corrected chi connectivity index (χ0v) is 11.6. The first-order chi connectivity index (χ1) is 9.45. The number of hydrogen-bond donors (Lipinski definition) is 1. The predicted molar refractivity (Wildman–Crippen MR) is 73.4 cm³/mol. The number of nitrogens with two attached hydrogens (primary N) is 1. The Morgan fingerprint density at radius 3 is 2.70 bits per heavy atom. The molecule has 1 heterocycles. The van der Waals surface area contributed by atoms with Gasteiger partial charge in [-0.25, -0.2) is 14.2 Å². The van der Waals surface area contributed by atoms with Crippen LogP contribution in [0, 0.1) is 19.7 Å². The molecule has 0 saturated carbocycles. The quantitative estimate of drug-likeness (QED) is 0.690. The number of carbonyl (C=O) groups excluding carboxylic acids is 1. The van der Waals surface area contributed by atoms with Crippen molar-refractivity contribution >= 4 is 11.7 Å². The standard InChI is InChI=1S/C14H16FN3O2/c1-4-20-14(19)10-5-13(11(15)6-12(10)16)18-7-17-8(2)9(18)3/h5-7H,4,16H2,1-3H3. The zero-order valence-electron chi connectivity index (χ0n) is 11.6. The molecular weight excluding hydrogens is 261 g/mol. The third-order valence-electron chi connectivity index (χ3n) is 3.13. The van der Waals surface area contributed by atoms with Gasteiger partial charge in [0.2, 0.25) is 0 Å². The first kappa shape index (κ1) is 14.0. The van der Waals surface area contributed by atoms with Crippen molar-refractivity contribution in [2.45, 2.75) is 20.8 Å². The van der Waals surface area contributed by atoms with Gasteiger partial charge >= 0.3 is 5.97 Å². The van der Waals surface area contributed by atoms with Crippen LogP contribution in [0.15, 0.2) is 18.5 Å². The molecular formula is C14H16FN3O2. The number of hydrogen-bond acceptors (Lipinski definition) is 4. The Morgan fingerprint density at radius 2 is 2.15 bits per heavy atom. The van der Waals surface area contributed by atoms with Crippen LogP contribution < -0.4 is 5.73 Å². The summed E-state index contributed by atoms with van der Waals surface area (Å²) in [5.74, 6) is -1.09. The maximum absolute atomic E-state index is 14.1. The van der Waals surface area contributed by atoms with Crippen molar-refractivity contribution in [3.8, 4) is 5.69 Å². The van der Waals surface area contributed by atoms with E-state index in [2.05, 4.69) is 4.98 Å². The van der Waals surface area contributed by atoms with E-state index in [-0.39, 0.29) is 23.5 Å². The van der Waals surface area contributed by atoms with E-state index in [1.807, 2.05) is 13.8 Å². The number of rotatable bonds is 3. The molecule has 0 amide bonds. The molecule has 2 aromatic rings. The van der Waals surface area contributed by atoms with Crippen LogP contribution in [0.25, 0.3) is 5.69 Å². The van der Waals surface area contributed by atoms with E-state index in [4.69, 9.17) is 10.5 Å². The highest BCUT2D eigenvalue weighted by molar-refractivity contribution is 5.95. The summed E-state index contributed by atoms with van der Waals surface area (Å²) in [7, 11) is 0. The Kier molecular flexibility index (Phi) is 3.74. The summed E-state index contributed by atoms with van der Waals surface area (Å²) in [4.78, 5) is 15.9. The Balaban J connectivity index is 2.57. The van der Waals surface area contributed by atoms with E-state index < -0.39 is 11.8 Å². The van der Waals surface area contributed by atoms with E-state index in [1.54, 1.807) is 11.5 Å². The summed E-state index contributed by atoms with van der Waals surface area (Å²) in [6.07, 6.45) is 1.51. The van der Waals surface area contributed by atoms with Gasteiger partial charge in [0.05, 0.1) is 29.9 Å². The average molecular weight is 277 g/mol. The van der Waals surface area contributed by atoms with Crippen molar-refractivity contribution in [1.29, 1.82) is 0 Å². The first-order valence-electron chi connectivity index (χ1n) is 6.22. The fraction of sp³-hybridized carbons (Fsp3) is 0.286. The molecule has 0 fully saturated rings. The molecule has 0 bridgehead atoms. The fourth-order valence-corrected chi connectivity index (χ4v) is 1.89. The van der Waals surface area contributed by atoms with Crippen molar-refractivity contribution in [1.82, 2.24) is 9.55 Å². The summed E-state index contributed by atoms with van der Waals surface area (Å²) >= 11 is 0. The van der Waals surface area contributed by atoms with Crippen molar-refractivity contribution < 1.29 is 13.9 Å². The van der Waals surface area contributed by atoms with Crippen LogP contribution in [0.5, 0.6) is 0 Å². The molecule has 2 N–H and O–H groups in total. The number of carbonyl (C=O) groups is 1. The molecule has 1 aromatic heterocycles. The lowest BCUT2D eigenvalue weighted by Gasteiger charge is -2.11. The molecule has 1 aromatic carbocycles. The molecule has 20 heavy (non-hydrogen) atoms. The van der Waals surface area contributed by atoms with E-state index in [0.717, 1.165) is 17.5 Å². The molecule has 2 rings (SSSR count). The number of esters is 1. The maximum Gasteiger partial charge on any atom is 0.340 e. The predicted octanol–water partition coefficient (Wildman–Crippen LogP) is 2.39. The van der Waals surface area contributed by atoms with E-state index in [1.165, 1.54) is 12.4 Å². The normalized spacial score (nSPS) is 10.6. The summed E-state index contributed by atoms with van der Waals surface area (Å²) in [6.45, 7) is 5.57. The van der Waals surface area contributed by atoms with E-state index in [9.17, 15) is 9.18 Å². The van der Waals surface area contributed by atoms with Gasteiger partial charge in [-0.05, 0) is 32.9 Å². The number of ether oxygens (including phenoxy) is 1. The largest absolute Gasteiger partial charge is 0.462 e. The van der Waals surface area contributed by atoms with Gasteiger partial charge in [-0.1, -0.05) is 0 Å². The zero-order chi connectivity index (χ0) is 14.9. The van der Waals surface area contributed by atoms with Crippen LogP contribution in [-0.2, 0) is 4.74 Å². The van der Waals surface area contributed by atoms with Crippen LogP contribution in [0.2, 0.25) is 0 Å². The summed E-state index contributed by atoms with van der Waals surface area (Å²) in [6, 6.07) is 2.51. The minimum Gasteiger partial charge on any atom is -0.462 e. The van der Waals surface area contributed by atoms with Crippen molar-refractivity contribution in [2.24, 2.45) is 0 Å². The molecule has 0 atom stereocenters. The highest BCUT2D eigenvalue weighted by Gasteiger charge is 2.17. The monoisotopic (exact) mass is 277 g/mol. The highest BCUT2D eigenvalue weighted by atomic mass is 19.1. The highest BCUT2D eigenvalue weighted by Crippen LogP contribution is 2.24. The fourth-order valence-electron chi connectivity index (χ4n) is 1.89. The topological polar surface area (TPSA) is 70.1 Å². The van der Waals surface area contributed by atoms with Crippen LogP contribution in [0.3, 0.4) is 0 Å². The molecule has 106 valence electrons. The Morgan fingerprint density at radius 1 is 1.45 bits per heavy atom. The molecule has 6 heteroatoms. The lowest BCUT2D eigenvalue weighted by atomic mass is 10.1. The second-order valence-corrected chi connectivity index (χ2v) is 4.40. The lowest BCUT2D eigenvalue weighted by molar-refractivity contribution is 0.0527. The third kappa shape index (κ3) is 2.36.